The number of aryl methyl sites for hydroxylation is 2. The molecule has 2 aliphatic rings. The fourth-order valence-corrected chi connectivity index (χ4v) is 4.13. The first-order valence-corrected chi connectivity index (χ1v) is 9.64. The second kappa shape index (κ2) is 7.05. The number of carbonyl (C=O) groups is 1. The third-order valence-corrected chi connectivity index (χ3v) is 5.63. The third-order valence-electron chi connectivity index (χ3n) is 5.16. The summed E-state index contributed by atoms with van der Waals surface area (Å²) in [5, 5.41) is 14.8. The van der Waals surface area contributed by atoms with Crippen LogP contribution < -0.4 is 5.73 Å². The molecule has 0 fully saturated rings. The molecule has 27 heavy (non-hydrogen) atoms. The molecule has 144 valence electrons. The van der Waals surface area contributed by atoms with E-state index in [1.807, 2.05) is 25.5 Å². The number of hydrogen-bond donors (Lipinski definition) is 1. The zero-order valence-electron chi connectivity index (χ0n) is 16.2. The van der Waals surface area contributed by atoms with Crippen LogP contribution in [0.1, 0.15) is 63.8 Å². The first-order chi connectivity index (χ1) is 12.7. The molecule has 1 atom stereocenters. The second-order valence-electron chi connectivity index (χ2n) is 8.06. The Hall–Kier alpha value is -2.26. The third kappa shape index (κ3) is 3.37. The van der Waals surface area contributed by atoms with Crippen LogP contribution in [-0.4, -0.2) is 15.6 Å². The SMILES string of the molecule is CCCCn1nc(C)c(Cl)c1C1C(C#N)=C(N)OC2=C1C(=O)CC(C)(C)C2. The molecular formula is C20H25ClN4O2. The molecule has 2 N–H and O–H groups in total. The Kier molecular flexibility index (Phi) is 5.09. The molecule has 0 radical (unpaired) electrons. The average molecular weight is 389 g/mol. The number of allylic oxidation sites excluding steroid dienone is 3. The quantitative estimate of drug-likeness (QED) is 0.837. The molecule has 0 spiro atoms. The molecule has 1 aromatic heterocycles. The van der Waals surface area contributed by atoms with E-state index in [0.29, 0.717) is 47.1 Å². The van der Waals surface area contributed by atoms with E-state index in [-0.39, 0.29) is 22.7 Å². The van der Waals surface area contributed by atoms with Gasteiger partial charge in [-0.3, -0.25) is 9.48 Å². The monoisotopic (exact) mass is 388 g/mol. The molecule has 6 nitrogen and oxygen atoms in total. The van der Waals surface area contributed by atoms with Crippen molar-refractivity contribution in [1.82, 2.24) is 9.78 Å². The van der Waals surface area contributed by atoms with Gasteiger partial charge in [0.1, 0.15) is 17.4 Å². The van der Waals surface area contributed by atoms with E-state index in [2.05, 4.69) is 18.1 Å². The summed E-state index contributed by atoms with van der Waals surface area (Å²) in [6.07, 6.45) is 2.89. The topological polar surface area (TPSA) is 93.9 Å². The van der Waals surface area contributed by atoms with Gasteiger partial charge < -0.3 is 10.5 Å². The van der Waals surface area contributed by atoms with Crippen molar-refractivity contribution < 1.29 is 9.53 Å². The Bertz CT molecular complexity index is 902. The summed E-state index contributed by atoms with van der Waals surface area (Å²) in [7, 11) is 0. The molecule has 7 heteroatoms. The van der Waals surface area contributed by atoms with E-state index in [4.69, 9.17) is 22.1 Å². The van der Waals surface area contributed by atoms with Crippen LogP contribution in [0.2, 0.25) is 5.02 Å². The zero-order valence-corrected chi connectivity index (χ0v) is 17.0. The van der Waals surface area contributed by atoms with Crippen LogP contribution in [0.25, 0.3) is 0 Å². The number of nitriles is 1. The molecular weight excluding hydrogens is 364 g/mol. The van der Waals surface area contributed by atoms with Gasteiger partial charge in [-0.1, -0.05) is 38.8 Å². The Balaban J connectivity index is 2.22. The van der Waals surface area contributed by atoms with Gasteiger partial charge in [0.2, 0.25) is 5.88 Å². The van der Waals surface area contributed by atoms with Crippen molar-refractivity contribution in [3.63, 3.8) is 0 Å². The maximum atomic E-state index is 13.1. The number of aromatic nitrogens is 2. The van der Waals surface area contributed by atoms with E-state index >= 15 is 0 Å². The predicted octanol–water partition coefficient (Wildman–Crippen LogP) is 4.10. The standard InChI is InChI=1S/C20H25ClN4O2/c1-5-6-7-25-18(17(21)11(2)24-25)15-12(10-22)19(23)27-14-9-20(3,4)8-13(26)16(14)15/h15H,5-9,23H2,1-4H3. The van der Waals surface area contributed by atoms with E-state index < -0.39 is 5.92 Å². The molecule has 0 aromatic carbocycles. The molecule has 0 amide bonds. The van der Waals surface area contributed by atoms with Gasteiger partial charge in [-0.2, -0.15) is 10.4 Å². The second-order valence-corrected chi connectivity index (χ2v) is 8.44. The molecule has 0 saturated carbocycles. The highest BCUT2D eigenvalue weighted by atomic mass is 35.5. The lowest BCUT2D eigenvalue weighted by molar-refractivity contribution is -0.119. The normalized spacial score (nSPS) is 21.8. The van der Waals surface area contributed by atoms with E-state index in [9.17, 15) is 10.1 Å². The van der Waals surface area contributed by atoms with Crippen molar-refractivity contribution in [2.45, 2.75) is 65.8 Å². The summed E-state index contributed by atoms with van der Waals surface area (Å²) in [5.74, 6) is -0.0604. The highest BCUT2D eigenvalue weighted by Crippen LogP contribution is 2.49. The number of halogens is 1. The van der Waals surface area contributed by atoms with Crippen LogP contribution in [0, 0.1) is 23.7 Å². The zero-order chi connectivity index (χ0) is 19.9. The van der Waals surface area contributed by atoms with Gasteiger partial charge in [-0.05, 0) is 18.8 Å². The minimum absolute atomic E-state index is 0.0246. The molecule has 1 aromatic rings. The van der Waals surface area contributed by atoms with Gasteiger partial charge in [0, 0.05) is 25.0 Å². The fraction of sp³-hybridized carbons (Fsp3) is 0.550. The summed E-state index contributed by atoms with van der Waals surface area (Å²) in [4.78, 5) is 13.1. The van der Waals surface area contributed by atoms with E-state index in [1.54, 1.807) is 0 Å². The number of ketones is 1. The number of Topliss-reactive ketones (excluding diaryl/α,β-unsaturated/α-hetero) is 1. The first-order valence-electron chi connectivity index (χ1n) is 9.26. The molecule has 0 bridgehead atoms. The first kappa shape index (κ1) is 19.5. The van der Waals surface area contributed by atoms with Crippen LogP contribution in [0.5, 0.6) is 0 Å². The lowest BCUT2D eigenvalue weighted by Gasteiger charge is -2.37. The summed E-state index contributed by atoms with van der Waals surface area (Å²) >= 11 is 6.60. The average Bonchev–Trinajstić information content (AvgIpc) is 2.84. The maximum Gasteiger partial charge on any atom is 0.205 e. The number of nitrogens with zero attached hydrogens (tertiary/aromatic N) is 3. The summed E-state index contributed by atoms with van der Waals surface area (Å²) < 4.78 is 7.56. The molecule has 1 unspecified atom stereocenters. The highest BCUT2D eigenvalue weighted by Gasteiger charge is 2.45. The molecule has 0 saturated heterocycles. The number of hydrogen-bond acceptors (Lipinski definition) is 5. The maximum absolute atomic E-state index is 13.1. The van der Waals surface area contributed by atoms with E-state index in [1.165, 1.54) is 0 Å². The number of ether oxygens (including phenoxy) is 1. The largest absolute Gasteiger partial charge is 0.444 e. The van der Waals surface area contributed by atoms with Crippen LogP contribution in [0.3, 0.4) is 0 Å². The Morgan fingerprint density at radius 1 is 1.44 bits per heavy atom. The van der Waals surface area contributed by atoms with Gasteiger partial charge in [-0.15, -0.1) is 0 Å². The number of unbranched alkanes of at least 4 members (excludes halogenated alkanes) is 1. The van der Waals surface area contributed by atoms with Crippen molar-refractivity contribution in [1.29, 1.82) is 5.26 Å². The smallest absolute Gasteiger partial charge is 0.205 e. The summed E-state index contributed by atoms with van der Waals surface area (Å²) in [6.45, 7) is 8.63. The minimum Gasteiger partial charge on any atom is -0.444 e. The van der Waals surface area contributed by atoms with Gasteiger partial charge in [0.15, 0.2) is 5.78 Å². The summed E-state index contributed by atoms with van der Waals surface area (Å²) in [5.41, 5.74) is 7.92. The van der Waals surface area contributed by atoms with Gasteiger partial charge >= 0.3 is 0 Å². The van der Waals surface area contributed by atoms with E-state index in [0.717, 1.165) is 12.8 Å². The van der Waals surface area contributed by atoms with Crippen molar-refractivity contribution >= 4 is 17.4 Å². The fourth-order valence-electron chi connectivity index (χ4n) is 3.89. The highest BCUT2D eigenvalue weighted by molar-refractivity contribution is 6.32. The van der Waals surface area contributed by atoms with Crippen molar-refractivity contribution in [2.24, 2.45) is 11.1 Å². The van der Waals surface area contributed by atoms with Crippen LogP contribution in [0.15, 0.2) is 22.8 Å². The van der Waals surface area contributed by atoms with Gasteiger partial charge in [0.25, 0.3) is 0 Å². The van der Waals surface area contributed by atoms with Crippen LogP contribution in [-0.2, 0) is 16.1 Å². The van der Waals surface area contributed by atoms with Crippen molar-refractivity contribution in [3.8, 4) is 6.07 Å². The summed E-state index contributed by atoms with van der Waals surface area (Å²) in [6, 6.07) is 2.14. The lowest BCUT2D eigenvalue weighted by Crippen LogP contribution is -2.34. The number of carbonyl (C=O) groups excluding carboxylic acids is 1. The minimum atomic E-state index is -0.632. The molecule has 1 aliphatic carbocycles. The Labute approximate surface area is 164 Å². The lowest BCUT2D eigenvalue weighted by atomic mass is 9.71. The molecule has 1 aliphatic heterocycles. The van der Waals surface area contributed by atoms with Crippen LogP contribution >= 0.6 is 11.6 Å². The van der Waals surface area contributed by atoms with Gasteiger partial charge in [0.05, 0.1) is 22.3 Å². The molecule has 2 heterocycles. The van der Waals surface area contributed by atoms with Crippen molar-refractivity contribution in [3.05, 3.63) is 39.2 Å². The van der Waals surface area contributed by atoms with Gasteiger partial charge in [-0.25, -0.2) is 0 Å². The number of rotatable bonds is 4. The van der Waals surface area contributed by atoms with Crippen molar-refractivity contribution in [2.75, 3.05) is 0 Å². The van der Waals surface area contributed by atoms with Crippen LogP contribution in [0.4, 0.5) is 0 Å². The predicted molar refractivity (Wildman–Crippen MR) is 103 cm³/mol. The molecule has 3 rings (SSSR count). The Morgan fingerprint density at radius 2 is 2.15 bits per heavy atom. The Morgan fingerprint density at radius 3 is 2.78 bits per heavy atom. The number of nitrogens with two attached hydrogens (primary N) is 1.